The second kappa shape index (κ2) is 15.8. The zero-order valence-corrected chi connectivity index (χ0v) is 27.9. The first-order chi connectivity index (χ1) is 22.8. The van der Waals surface area contributed by atoms with Crippen LogP contribution in [0.3, 0.4) is 0 Å². The predicted molar refractivity (Wildman–Crippen MR) is 185 cm³/mol. The summed E-state index contributed by atoms with van der Waals surface area (Å²) in [7, 11) is -2.76. The number of hydrogen-bond donors (Lipinski definition) is 1. The molecule has 5 rings (SSSR count). The highest BCUT2D eigenvalue weighted by Crippen LogP contribution is 2.32. The molecule has 1 unspecified atom stereocenters. The number of nitrogens with zero attached hydrogens (tertiary/aromatic N) is 2. The number of nitrogens with one attached hydrogen (secondary N) is 1. The summed E-state index contributed by atoms with van der Waals surface area (Å²) in [5, 5.41) is 3.25. The van der Waals surface area contributed by atoms with Gasteiger partial charge in [-0.25, -0.2) is 8.42 Å². The maximum atomic E-state index is 14.7. The SMILES string of the molecule is COc1ccccc1N(CC(=O)N(Cc1cccc(C)c1)C(Cc1ccccc1)C(=O)NC1CCCCC1)S(=O)(=O)c1ccccc1. The van der Waals surface area contributed by atoms with Gasteiger partial charge in [-0.3, -0.25) is 13.9 Å². The summed E-state index contributed by atoms with van der Waals surface area (Å²) in [4.78, 5) is 30.5. The van der Waals surface area contributed by atoms with Crippen LogP contribution in [0, 0.1) is 6.92 Å². The predicted octanol–water partition coefficient (Wildman–Crippen LogP) is 6.29. The molecule has 1 fully saturated rings. The molecule has 0 heterocycles. The Bertz CT molecular complexity index is 1740. The van der Waals surface area contributed by atoms with Crippen LogP contribution in [0.25, 0.3) is 0 Å². The molecule has 1 aliphatic rings. The van der Waals surface area contributed by atoms with Gasteiger partial charge in [-0.2, -0.15) is 0 Å². The van der Waals surface area contributed by atoms with Crippen molar-refractivity contribution in [3.63, 3.8) is 0 Å². The van der Waals surface area contributed by atoms with Crippen LogP contribution in [0.4, 0.5) is 5.69 Å². The zero-order valence-electron chi connectivity index (χ0n) is 27.0. The molecule has 0 saturated heterocycles. The van der Waals surface area contributed by atoms with Gasteiger partial charge in [-0.15, -0.1) is 0 Å². The van der Waals surface area contributed by atoms with Crippen LogP contribution in [-0.2, 0) is 32.6 Å². The molecule has 8 nitrogen and oxygen atoms in total. The van der Waals surface area contributed by atoms with Gasteiger partial charge in [-0.1, -0.05) is 110 Å². The zero-order chi connectivity index (χ0) is 33.2. The molecule has 4 aromatic carbocycles. The van der Waals surface area contributed by atoms with Crippen LogP contribution < -0.4 is 14.4 Å². The third kappa shape index (κ3) is 8.60. The second-order valence-corrected chi connectivity index (χ2v) is 13.9. The number of para-hydroxylation sites is 2. The summed E-state index contributed by atoms with van der Waals surface area (Å²) in [6.07, 6.45) is 5.31. The van der Waals surface area contributed by atoms with Crippen molar-refractivity contribution in [2.75, 3.05) is 18.0 Å². The molecule has 1 saturated carbocycles. The van der Waals surface area contributed by atoms with Crippen molar-refractivity contribution in [1.82, 2.24) is 10.2 Å². The maximum Gasteiger partial charge on any atom is 0.264 e. The topological polar surface area (TPSA) is 96.0 Å². The second-order valence-electron chi connectivity index (χ2n) is 12.1. The summed E-state index contributed by atoms with van der Waals surface area (Å²) >= 11 is 0. The first kappa shape index (κ1) is 33.7. The average Bonchev–Trinajstić information content (AvgIpc) is 3.10. The smallest absolute Gasteiger partial charge is 0.264 e. The first-order valence-corrected chi connectivity index (χ1v) is 17.6. The lowest BCUT2D eigenvalue weighted by Crippen LogP contribution is -2.55. The molecule has 246 valence electrons. The lowest BCUT2D eigenvalue weighted by Gasteiger charge is -2.35. The van der Waals surface area contributed by atoms with E-state index in [1.165, 1.54) is 19.2 Å². The first-order valence-electron chi connectivity index (χ1n) is 16.2. The number of benzene rings is 4. The maximum absolute atomic E-state index is 14.7. The van der Waals surface area contributed by atoms with E-state index in [0.717, 1.165) is 53.1 Å². The lowest BCUT2D eigenvalue weighted by atomic mass is 9.94. The number of hydrogen-bond acceptors (Lipinski definition) is 5. The van der Waals surface area contributed by atoms with Crippen molar-refractivity contribution >= 4 is 27.5 Å². The monoisotopic (exact) mass is 653 g/mol. The van der Waals surface area contributed by atoms with Gasteiger partial charge in [0.2, 0.25) is 11.8 Å². The Balaban J connectivity index is 1.58. The van der Waals surface area contributed by atoms with E-state index in [0.29, 0.717) is 5.75 Å². The van der Waals surface area contributed by atoms with E-state index >= 15 is 0 Å². The molecule has 1 atom stereocenters. The van der Waals surface area contributed by atoms with Crippen molar-refractivity contribution in [3.8, 4) is 5.75 Å². The molecule has 0 aliphatic heterocycles. The van der Waals surface area contributed by atoms with E-state index in [2.05, 4.69) is 5.32 Å². The number of amides is 2. The minimum absolute atomic E-state index is 0.0361. The molecule has 4 aromatic rings. The van der Waals surface area contributed by atoms with Gasteiger partial charge < -0.3 is 15.0 Å². The van der Waals surface area contributed by atoms with Crippen LogP contribution in [0.1, 0.15) is 48.8 Å². The van der Waals surface area contributed by atoms with Crippen molar-refractivity contribution in [2.24, 2.45) is 0 Å². The molecule has 0 aromatic heterocycles. The minimum atomic E-state index is -4.22. The Hall–Kier alpha value is -4.63. The molecule has 1 N–H and O–H groups in total. The summed E-state index contributed by atoms with van der Waals surface area (Å²) < 4.78 is 35.1. The van der Waals surface area contributed by atoms with Crippen LogP contribution in [0.2, 0.25) is 0 Å². The highest BCUT2D eigenvalue weighted by Gasteiger charge is 2.36. The molecule has 0 bridgehead atoms. The van der Waals surface area contributed by atoms with Crippen LogP contribution >= 0.6 is 0 Å². The number of carbonyl (C=O) groups is 2. The minimum Gasteiger partial charge on any atom is -0.495 e. The van der Waals surface area contributed by atoms with Gasteiger partial charge in [-0.05, 0) is 55.2 Å². The molecular formula is C38H43N3O5S. The van der Waals surface area contributed by atoms with E-state index in [-0.39, 0.29) is 35.5 Å². The quantitative estimate of drug-likeness (QED) is 0.183. The van der Waals surface area contributed by atoms with Crippen molar-refractivity contribution in [2.45, 2.75) is 69.0 Å². The van der Waals surface area contributed by atoms with E-state index in [1.54, 1.807) is 47.4 Å². The third-order valence-corrected chi connectivity index (χ3v) is 10.4. The Morgan fingerprint density at radius 2 is 1.47 bits per heavy atom. The molecule has 9 heteroatoms. The number of anilines is 1. The van der Waals surface area contributed by atoms with Crippen LogP contribution in [0.5, 0.6) is 5.75 Å². The molecular weight excluding hydrogens is 611 g/mol. The fraction of sp³-hybridized carbons (Fsp3) is 0.316. The van der Waals surface area contributed by atoms with E-state index in [9.17, 15) is 18.0 Å². The summed E-state index contributed by atoms with van der Waals surface area (Å²) in [5.74, 6) is -0.436. The van der Waals surface area contributed by atoms with E-state index in [4.69, 9.17) is 4.74 Å². The summed E-state index contributed by atoms with van der Waals surface area (Å²) in [5.41, 5.74) is 2.99. The number of aryl methyl sites for hydroxylation is 1. The van der Waals surface area contributed by atoms with Crippen LogP contribution in [0.15, 0.2) is 114 Å². The van der Waals surface area contributed by atoms with Gasteiger partial charge in [0, 0.05) is 19.0 Å². The number of methoxy groups -OCH3 is 1. The largest absolute Gasteiger partial charge is 0.495 e. The van der Waals surface area contributed by atoms with Crippen molar-refractivity contribution in [1.29, 1.82) is 0 Å². The molecule has 0 spiro atoms. The molecule has 0 radical (unpaired) electrons. The Labute approximate surface area is 278 Å². The Kier molecular flexibility index (Phi) is 11.3. The average molecular weight is 654 g/mol. The van der Waals surface area contributed by atoms with Crippen LogP contribution in [-0.4, -0.2) is 50.9 Å². The van der Waals surface area contributed by atoms with Gasteiger partial charge in [0.25, 0.3) is 10.0 Å². The molecule has 2 amide bonds. The van der Waals surface area contributed by atoms with Crippen molar-refractivity contribution < 1.29 is 22.7 Å². The molecule has 1 aliphatic carbocycles. The highest BCUT2D eigenvalue weighted by molar-refractivity contribution is 7.92. The normalized spacial score (nSPS) is 14.2. The number of carbonyl (C=O) groups excluding carboxylic acids is 2. The third-order valence-electron chi connectivity index (χ3n) is 8.62. The van der Waals surface area contributed by atoms with Gasteiger partial charge >= 0.3 is 0 Å². The van der Waals surface area contributed by atoms with E-state index in [1.807, 2.05) is 61.5 Å². The Morgan fingerprint density at radius 3 is 2.15 bits per heavy atom. The lowest BCUT2D eigenvalue weighted by molar-refractivity contribution is -0.140. The summed E-state index contributed by atoms with van der Waals surface area (Å²) in [6.45, 7) is 1.56. The summed E-state index contributed by atoms with van der Waals surface area (Å²) in [6, 6.07) is 31.3. The standard InChI is InChI=1S/C38H43N3O5S/c1-29-15-14-18-31(25-29)27-40(35(26-30-16-6-3-7-17-30)38(43)39-32-19-8-4-9-20-32)37(42)28-41(34-23-12-13-24-36(34)46-2)47(44,45)33-21-10-5-11-22-33/h3,5-7,10-18,21-25,32,35H,4,8-9,19-20,26-28H2,1-2H3,(H,39,43). The fourth-order valence-corrected chi connectivity index (χ4v) is 7.62. The number of rotatable bonds is 13. The Morgan fingerprint density at radius 1 is 0.830 bits per heavy atom. The molecule has 47 heavy (non-hydrogen) atoms. The number of sulfonamides is 1. The van der Waals surface area contributed by atoms with E-state index < -0.39 is 28.5 Å². The number of ether oxygens (including phenoxy) is 1. The fourth-order valence-electron chi connectivity index (χ4n) is 6.17. The highest BCUT2D eigenvalue weighted by atomic mass is 32.2. The van der Waals surface area contributed by atoms with Gasteiger partial charge in [0.05, 0.1) is 17.7 Å². The van der Waals surface area contributed by atoms with Gasteiger partial charge in [0.1, 0.15) is 18.3 Å². The van der Waals surface area contributed by atoms with Crippen molar-refractivity contribution in [3.05, 3.63) is 126 Å². The van der Waals surface area contributed by atoms with Gasteiger partial charge in [0.15, 0.2) is 0 Å².